The molecule has 14 nitrogen and oxygen atoms in total. The molecule has 0 radical (unpaired) electrons. The van der Waals surface area contributed by atoms with E-state index in [9.17, 15) is 45.6 Å². The Bertz CT molecular complexity index is 1680. The van der Waals surface area contributed by atoms with Gasteiger partial charge in [-0.3, -0.25) is 4.79 Å². The second-order valence-electron chi connectivity index (χ2n) is 27.8. The Hall–Kier alpha value is -1.79. The minimum absolute atomic E-state index is 0.231. The predicted octanol–water partition coefficient (Wildman–Crippen LogP) is 17.2. The molecule has 12 unspecified atom stereocenters. The number of hydrogen-bond acceptors (Lipinski definition) is 13. The number of aliphatic hydroxyl groups excluding tert-OH is 8. The molecule has 0 spiro atoms. The van der Waals surface area contributed by atoms with Crippen molar-refractivity contribution in [3.05, 3.63) is 36.5 Å². The molecule has 92 heavy (non-hydrogen) atoms. The average molecular weight is 1310 g/mol. The van der Waals surface area contributed by atoms with Crippen LogP contribution in [0.1, 0.15) is 361 Å². The average Bonchev–Trinajstić information content (AvgIpc) is 1.05. The van der Waals surface area contributed by atoms with Gasteiger partial charge in [0.05, 0.1) is 32.0 Å². The summed E-state index contributed by atoms with van der Waals surface area (Å²) in [5.74, 6) is -0.231. The van der Waals surface area contributed by atoms with E-state index in [1.54, 1.807) is 6.08 Å². The van der Waals surface area contributed by atoms with E-state index in [0.717, 1.165) is 44.9 Å². The maximum atomic E-state index is 13.4. The Balaban J connectivity index is 1.56. The van der Waals surface area contributed by atoms with Crippen molar-refractivity contribution < 1.29 is 64.6 Å². The quantitative estimate of drug-likeness (QED) is 0.0204. The summed E-state index contributed by atoms with van der Waals surface area (Å²) in [6.07, 6.45) is 65.2. The zero-order chi connectivity index (χ0) is 66.6. The number of ether oxygens (including phenoxy) is 4. The highest BCUT2D eigenvalue weighted by Gasteiger charge is 2.51. The highest BCUT2D eigenvalue weighted by atomic mass is 16.7. The van der Waals surface area contributed by atoms with Crippen molar-refractivity contribution in [3.8, 4) is 0 Å². The highest BCUT2D eigenvalue weighted by molar-refractivity contribution is 5.76. The van der Waals surface area contributed by atoms with Gasteiger partial charge in [-0.2, -0.15) is 0 Å². The van der Waals surface area contributed by atoms with E-state index in [1.165, 1.54) is 289 Å². The fraction of sp³-hybridized carbons (Fsp3) is 0.910. The van der Waals surface area contributed by atoms with Crippen LogP contribution in [0.4, 0.5) is 0 Å². The summed E-state index contributed by atoms with van der Waals surface area (Å²) in [5.41, 5.74) is 0. The number of unbranched alkanes of at least 4 members (excludes halogenated alkanes) is 49. The summed E-state index contributed by atoms with van der Waals surface area (Å²) in [6, 6.07) is -0.913. The Labute approximate surface area is 563 Å². The van der Waals surface area contributed by atoms with Gasteiger partial charge in [-0.1, -0.05) is 339 Å². The number of amides is 1. The maximum Gasteiger partial charge on any atom is 0.220 e. The van der Waals surface area contributed by atoms with Gasteiger partial charge < -0.3 is 65.1 Å². The molecule has 0 aromatic heterocycles. The topological polar surface area (TPSA) is 228 Å². The number of rotatable bonds is 66. The van der Waals surface area contributed by atoms with Crippen LogP contribution < -0.4 is 5.32 Å². The summed E-state index contributed by atoms with van der Waals surface area (Å²) >= 11 is 0. The summed E-state index contributed by atoms with van der Waals surface area (Å²) in [5, 5.41) is 87.5. The molecule has 0 bridgehead atoms. The van der Waals surface area contributed by atoms with Crippen molar-refractivity contribution in [3.63, 3.8) is 0 Å². The molecular weight excluding hydrogens is 1160 g/mol. The van der Waals surface area contributed by atoms with Gasteiger partial charge in [0.2, 0.25) is 5.91 Å². The van der Waals surface area contributed by atoms with Gasteiger partial charge >= 0.3 is 0 Å². The molecule has 0 aromatic rings. The minimum atomic E-state index is -1.79. The Morgan fingerprint density at radius 3 is 1.09 bits per heavy atom. The van der Waals surface area contributed by atoms with Crippen LogP contribution in [0.3, 0.4) is 0 Å². The van der Waals surface area contributed by atoms with Gasteiger partial charge in [-0.25, -0.2) is 0 Å². The molecule has 9 N–H and O–H groups in total. The lowest BCUT2D eigenvalue weighted by Gasteiger charge is -2.46. The van der Waals surface area contributed by atoms with E-state index < -0.39 is 86.8 Å². The third-order valence-electron chi connectivity index (χ3n) is 19.3. The van der Waals surface area contributed by atoms with Crippen LogP contribution in [0.15, 0.2) is 36.5 Å². The molecule has 0 aromatic carbocycles. The summed E-state index contributed by atoms with van der Waals surface area (Å²) in [7, 11) is 0. The monoisotopic (exact) mass is 1310 g/mol. The second kappa shape index (κ2) is 62.7. The number of nitrogens with one attached hydrogen (secondary N) is 1. The number of hydrogen-bond donors (Lipinski definition) is 9. The summed E-state index contributed by atoms with van der Waals surface area (Å²) in [4.78, 5) is 13.4. The molecule has 0 aliphatic carbocycles. The van der Waals surface area contributed by atoms with Crippen molar-refractivity contribution in [2.75, 3.05) is 19.8 Å². The lowest BCUT2D eigenvalue weighted by atomic mass is 9.97. The molecular formula is C78H147NO13. The Morgan fingerprint density at radius 2 is 0.717 bits per heavy atom. The summed E-state index contributed by atoms with van der Waals surface area (Å²) < 4.78 is 22.9. The molecule has 2 aliphatic heterocycles. The molecule has 2 fully saturated rings. The maximum absolute atomic E-state index is 13.4. The van der Waals surface area contributed by atoms with Gasteiger partial charge in [-0.05, 0) is 51.4 Å². The van der Waals surface area contributed by atoms with Crippen LogP contribution in [0.25, 0.3) is 0 Å². The smallest absolute Gasteiger partial charge is 0.220 e. The molecule has 14 heteroatoms. The molecule has 2 aliphatic rings. The largest absolute Gasteiger partial charge is 0.394 e. The van der Waals surface area contributed by atoms with E-state index >= 15 is 0 Å². The molecule has 2 heterocycles. The van der Waals surface area contributed by atoms with Crippen molar-refractivity contribution in [1.82, 2.24) is 5.32 Å². The third kappa shape index (κ3) is 45.7. The van der Waals surface area contributed by atoms with Gasteiger partial charge in [0, 0.05) is 6.42 Å². The first kappa shape index (κ1) is 86.3. The third-order valence-corrected chi connectivity index (χ3v) is 19.3. The highest BCUT2D eigenvalue weighted by Crippen LogP contribution is 2.30. The van der Waals surface area contributed by atoms with Gasteiger partial charge in [0.15, 0.2) is 12.6 Å². The Morgan fingerprint density at radius 1 is 0.391 bits per heavy atom. The summed E-state index contributed by atoms with van der Waals surface area (Å²) in [6.45, 7) is 2.84. The predicted molar refractivity (Wildman–Crippen MR) is 378 cm³/mol. The van der Waals surface area contributed by atoms with Crippen molar-refractivity contribution in [1.29, 1.82) is 0 Å². The van der Waals surface area contributed by atoms with Crippen LogP contribution in [0.5, 0.6) is 0 Å². The number of aliphatic hydroxyl groups is 8. The van der Waals surface area contributed by atoms with Crippen LogP contribution in [-0.2, 0) is 23.7 Å². The van der Waals surface area contributed by atoms with Crippen LogP contribution in [0.2, 0.25) is 0 Å². The Kier molecular flexibility index (Phi) is 58.8. The van der Waals surface area contributed by atoms with Gasteiger partial charge in [0.1, 0.15) is 48.8 Å². The fourth-order valence-electron chi connectivity index (χ4n) is 13.1. The molecule has 2 saturated heterocycles. The number of allylic oxidation sites excluding steroid dienone is 5. The van der Waals surface area contributed by atoms with Crippen molar-refractivity contribution >= 4 is 5.91 Å². The zero-order valence-corrected chi connectivity index (χ0v) is 59.3. The molecule has 0 saturated carbocycles. The molecule has 1 amide bonds. The van der Waals surface area contributed by atoms with E-state index in [-0.39, 0.29) is 18.9 Å². The van der Waals surface area contributed by atoms with Crippen LogP contribution >= 0.6 is 0 Å². The standard InChI is InChI=1S/C78H147NO13/c1-3-5-7-9-11-13-15-17-19-21-23-24-25-26-27-28-29-30-31-32-33-34-35-36-37-38-39-40-41-42-44-46-48-50-52-54-56-58-60-62-70(83)79-66(67(82)61-59-57-55-53-51-49-47-45-43-22-20-18-16-14-12-10-8-6-4-2)65-89-77-75(88)73(86)76(69(64-81)91-77)92-78-74(87)72(85)71(84)68(63-80)90-78/h15,17,21,23,59,61,66-69,71-78,80-82,84-88H,3-14,16,18-20,22,24-58,60,62-65H2,1-2H3,(H,79,83)/b17-15-,23-21-,61-59+. The van der Waals surface area contributed by atoms with Crippen LogP contribution in [0, 0.1) is 0 Å². The molecule has 12 atom stereocenters. The van der Waals surface area contributed by atoms with Crippen molar-refractivity contribution in [2.24, 2.45) is 0 Å². The zero-order valence-electron chi connectivity index (χ0n) is 59.3. The number of carbonyl (C=O) groups excluding carboxylic acids is 1. The van der Waals surface area contributed by atoms with E-state index in [1.807, 2.05) is 6.08 Å². The first-order chi connectivity index (χ1) is 45.1. The van der Waals surface area contributed by atoms with Crippen LogP contribution in [-0.4, -0.2) is 140 Å². The van der Waals surface area contributed by atoms with Gasteiger partial charge in [-0.15, -0.1) is 0 Å². The molecule has 542 valence electrons. The first-order valence-electron chi connectivity index (χ1n) is 39.2. The number of carbonyl (C=O) groups is 1. The van der Waals surface area contributed by atoms with E-state index in [0.29, 0.717) is 6.42 Å². The first-order valence-corrected chi connectivity index (χ1v) is 39.2. The lowest BCUT2D eigenvalue weighted by Crippen LogP contribution is -2.65. The normalized spacial score (nSPS) is 22.8. The lowest BCUT2D eigenvalue weighted by molar-refractivity contribution is -0.359. The van der Waals surface area contributed by atoms with E-state index in [4.69, 9.17) is 18.9 Å². The fourth-order valence-corrected chi connectivity index (χ4v) is 13.1. The SMILES string of the molecule is CCCCCCC/C=C\C/C=C\CCCCCCCCCCCCCCCCCCCCCCCCCCCCCC(=O)NC(COC1OC(CO)C(OC2OC(CO)C(O)C(O)C2O)C(O)C1O)C(O)/C=C/CCCCCCCCCCCCCCCCCCC. The second-order valence-corrected chi connectivity index (χ2v) is 27.8. The van der Waals surface area contributed by atoms with Crippen molar-refractivity contribution in [2.45, 2.75) is 434 Å². The van der Waals surface area contributed by atoms with Gasteiger partial charge in [0.25, 0.3) is 0 Å². The minimum Gasteiger partial charge on any atom is -0.394 e. The van der Waals surface area contributed by atoms with E-state index in [2.05, 4.69) is 43.5 Å². The molecule has 2 rings (SSSR count).